The van der Waals surface area contributed by atoms with Crippen LogP contribution < -0.4 is 10.1 Å². The van der Waals surface area contributed by atoms with E-state index in [2.05, 4.69) is 5.32 Å². The van der Waals surface area contributed by atoms with Crippen molar-refractivity contribution in [2.75, 3.05) is 12.4 Å². The molecule has 0 heterocycles. The molecule has 1 N–H and O–H groups in total. The van der Waals surface area contributed by atoms with Gasteiger partial charge in [0.05, 0.1) is 18.4 Å². The van der Waals surface area contributed by atoms with Crippen LogP contribution in [0.5, 0.6) is 5.75 Å². The number of rotatable bonds is 7. The van der Waals surface area contributed by atoms with Gasteiger partial charge in [-0.1, -0.05) is 48.0 Å². The van der Waals surface area contributed by atoms with Crippen molar-refractivity contribution in [2.45, 2.75) is 20.0 Å². The van der Waals surface area contributed by atoms with Gasteiger partial charge in [0.2, 0.25) is 5.78 Å². The van der Waals surface area contributed by atoms with Gasteiger partial charge in [-0.05, 0) is 44.2 Å². The fraction of sp³-hybridized carbons (Fsp3) is 0.160. The Balaban J connectivity index is 1.74. The largest absolute Gasteiger partial charge is 0.497 e. The number of anilines is 1. The highest BCUT2D eigenvalue weighted by Gasteiger charge is 2.22. The first kappa shape index (κ1) is 21.8. The van der Waals surface area contributed by atoms with Crippen LogP contribution in [-0.4, -0.2) is 30.9 Å². The van der Waals surface area contributed by atoms with E-state index in [0.29, 0.717) is 16.9 Å². The predicted octanol–water partition coefficient (Wildman–Crippen LogP) is 4.68. The molecule has 0 spiro atoms. The van der Waals surface area contributed by atoms with Crippen molar-refractivity contribution < 1.29 is 23.9 Å². The normalized spacial score (nSPS) is 11.3. The van der Waals surface area contributed by atoms with Gasteiger partial charge >= 0.3 is 5.97 Å². The second kappa shape index (κ2) is 9.71. The molecule has 0 aliphatic heterocycles. The van der Waals surface area contributed by atoms with Crippen molar-refractivity contribution in [2.24, 2.45) is 0 Å². The lowest BCUT2D eigenvalue weighted by atomic mass is 10.1. The van der Waals surface area contributed by atoms with Gasteiger partial charge < -0.3 is 14.8 Å². The molecule has 3 rings (SSSR count). The van der Waals surface area contributed by atoms with E-state index in [9.17, 15) is 14.4 Å². The van der Waals surface area contributed by atoms with Crippen molar-refractivity contribution in [3.8, 4) is 5.75 Å². The fourth-order valence-electron chi connectivity index (χ4n) is 2.96. The quantitative estimate of drug-likeness (QED) is 0.446. The number of ketones is 1. The van der Waals surface area contributed by atoms with E-state index in [1.54, 1.807) is 54.6 Å². The summed E-state index contributed by atoms with van der Waals surface area (Å²) in [5.74, 6) is -0.854. The highest BCUT2D eigenvalue weighted by Crippen LogP contribution is 2.20. The van der Waals surface area contributed by atoms with Crippen molar-refractivity contribution in [3.63, 3.8) is 0 Å². The SMILES string of the molecule is COc1cccc(C(=O)Nc2ccccc2C(=O)OC(C)C(=O)c2ccc(C)cc2)c1. The summed E-state index contributed by atoms with van der Waals surface area (Å²) in [5, 5.41) is 2.72. The second-order valence-electron chi connectivity index (χ2n) is 7.01. The summed E-state index contributed by atoms with van der Waals surface area (Å²) in [5.41, 5.74) is 2.32. The van der Waals surface area contributed by atoms with Crippen molar-refractivity contribution in [1.29, 1.82) is 0 Å². The molecule has 31 heavy (non-hydrogen) atoms. The van der Waals surface area contributed by atoms with E-state index < -0.39 is 18.0 Å². The number of carbonyl (C=O) groups is 3. The van der Waals surface area contributed by atoms with E-state index in [0.717, 1.165) is 5.56 Å². The van der Waals surface area contributed by atoms with E-state index in [1.807, 2.05) is 19.1 Å². The van der Waals surface area contributed by atoms with Gasteiger partial charge in [-0.3, -0.25) is 9.59 Å². The number of hydrogen-bond acceptors (Lipinski definition) is 5. The smallest absolute Gasteiger partial charge is 0.340 e. The maximum Gasteiger partial charge on any atom is 0.340 e. The molecule has 158 valence electrons. The predicted molar refractivity (Wildman–Crippen MR) is 118 cm³/mol. The molecule has 3 aromatic rings. The fourth-order valence-corrected chi connectivity index (χ4v) is 2.96. The van der Waals surface area contributed by atoms with Crippen LogP contribution in [0.3, 0.4) is 0 Å². The number of esters is 1. The molecule has 6 heteroatoms. The van der Waals surface area contributed by atoms with Gasteiger partial charge in [0.15, 0.2) is 6.10 Å². The number of ether oxygens (including phenoxy) is 2. The Labute approximate surface area is 180 Å². The number of aryl methyl sites for hydroxylation is 1. The summed E-state index contributed by atoms with van der Waals surface area (Å²) in [4.78, 5) is 37.9. The van der Waals surface area contributed by atoms with E-state index in [1.165, 1.54) is 20.1 Å². The monoisotopic (exact) mass is 417 g/mol. The molecular formula is C25H23NO5. The third kappa shape index (κ3) is 5.36. The lowest BCUT2D eigenvalue weighted by molar-refractivity contribution is 0.0320. The molecular weight excluding hydrogens is 394 g/mol. The molecule has 3 aromatic carbocycles. The zero-order chi connectivity index (χ0) is 22.4. The van der Waals surface area contributed by atoms with Crippen LogP contribution in [0.4, 0.5) is 5.69 Å². The Hall–Kier alpha value is -3.93. The summed E-state index contributed by atoms with van der Waals surface area (Å²) >= 11 is 0. The number of Topliss-reactive ketones (excluding diaryl/α,β-unsaturated/α-hetero) is 1. The molecule has 1 unspecified atom stereocenters. The Kier molecular flexibility index (Phi) is 6.82. The van der Waals surface area contributed by atoms with Crippen molar-refractivity contribution >= 4 is 23.3 Å². The van der Waals surface area contributed by atoms with Crippen LogP contribution in [0.2, 0.25) is 0 Å². The van der Waals surface area contributed by atoms with E-state index in [4.69, 9.17) is 9.47 Å². The number of hydrogen-bond donors (Lipinski definition) is 1. The maximum absolute atomic E-state index is 12.7. The molecule has 1 amide bonds. The molecule has 0 saturated carbocycles. The lowest BCUT2D eigenvalue weighted by Gasteiger charge is -2.15. The lowest BCUT2D eigenvalue weighted by Crippen LogP contribution is -2.25. The minimum absolute atomic E-state index is 0.155. The number of nitrogens with one attached hydrogen (secondary N) is 1. The highest BCUT2D eigenvalue weighted by molar-refractivity contribution is 6.08. The highest BCUT2D eigenvalue weighted by atomic mass is 16.5. The summed E-state index contributed by atoms with van der Waals surface area (Å²) in [6.45, 7) is 3.45. The Morgan fingerprint density at radius 3 is 2.29 bits per heavy atom. The zero-order valence-corrected chi connectivity index (χ0v) is 17.5. The minimum Gasteiger partial charge on any atom is -0.497 e. The van der Waals surface area contributed by atoms with Gasteiger partial charge in [-0.15, -0.1) is 0 Å². The maximum atomic E-state index is 12.7. The topological polar surface area (TPSA) is 81.7 Å². The first-order chi connectivity index (χ1) is 14.9. The van der Waals surface area contributed by atoms with Crippen LogP contribution in [-0.2, 0) is 4.74 Å². The first-order valence-corrected chi connectivity index (χ1v) is 9.75. The molecule has 6 nitrogen and oxygen atoms in total. The number of amides is 1. The zero-order valence-electron chi connectivity index (χ0n) is 17.5. The molecule has 1 atom stereocenters. The first-order valence-electron chi connectivity index (χ1n) is 9.75. The van der Waals surface area contributed by atoms with Crippen molar-refractivity contribution in [3.05, 3.63) is 95.1 Å². The van der Waals surface area contributed by atoms with Crippen LogP contribution in [0.25, 0.3) is 0 Å². The van der Waals surface area contributed by atoms with E-state index >= 15 is 0 Å². The standard InChI is InChI=1S/C25H23NO5/c1-16-11-13-18(14-12-16)23(27)17(2)31-25(29)21-9-4-5-10-22(21)26-24(28)19-7-6-8-20(15-19)30-3/h4-15,17H,1-3H3,(H,26,28). The summed E-state index contributed by atoms with van der Waals surface area (Å²) in [7, 11) is 1.52. The summed E-state index contributed by atoms with van der Waals surface area (Å²) < 4.78 is 10.5. The molecule has 0 aliphatic carbocycles. The third-order valence-electron chi connectivity index (χ3n) is 4.72. The van der Waals surface area contributed by atoms with E-state index in [-0.39, 0.29) is 17.0 Å². The molecule has 0 fully saturated rings. The van der Waals surface area contributed by atoms with Gasteiger partial charge in [0.1, 0.15) is 5.75 Å². The summed E-state index contributed by atoms with van der Waals surface area (Å²) in [6, 6.07) is 20.2. The molecule has 0 bridgehead atoms. The molecule has 0 saturated heterocycles. The average Bonchev–Trinajstić information content (AvgIpc) is 2.79. The summed E-state index contributed by atoms with van der Waals surface area (Å²) in [6.07, 6.45) is -0.975. The molecule has 0 aromatic heterocycles. The second-order valence-corrected chi connectivity index (χ2v) is 7.01. The van der Waals surface area contributed by atoms with Gasteiger partial charge in [-0.25, -0.2) is 4.79 Å². The average molecular weight is 417 g/mol. The number of para-hydroxylation sites is 1. The number of carbonyl (C=O) groups excluding carboxylic acids is 3. The number of benzene rings is 3. The third-order valence-corrected chi connectivity index (χ3v) is 4.72. The van der Waals surface area contributed by atoms with Gasteiger partial charge in [0.25, 0.3) is 5.91 Å². The van der Waals surface area contributed by atoms with Crippen LogP contribution in [0.15, 0.2) is 72.8 Å². The van der Waals surface area contributed by atoms with Crippen LogP contribution in [0.1, 0.15) is 43.6 Å². The Bertz CT molecular complexity index is 1100. The molecule has 0 aliphatic rings. The Morgan fingerprint density at radius 1 is 0.871 bits per heavy atom. The Morgan fingerprint density at radius 2 is 1.58 bits per heavy atom. The molecule has 0 radical (unpaired) electrons. The van der Waals surface area contributed by atoms with Crippen LogP contribution >= 0.6 is 0 Å². The van der Waals surface area contributed by atoms with Crippen molar-refractivity contribution in [1.82, 2.24) is 0 Å². The van der Waals surface area contributed by atoms with Gasteiger partial charge in [0, 0.05) is 11.1 Å². The van der Waals surface area contributed by atoms with Gasteiger partial charge in [-0.2, -0.15) is 0 Å². The number of methoxy groups -OCH3 is 1. The minimum atomic E-state index is -0.975. The van der Waals surface area contributed by atoms with Crippen LogP contribution in [0, 0.1) is 6.92 Å².